The van der Waals surface area contributed by atoms with Crippen molar-refractivity contribution in [2.45, 2.75) is 18.2 Å². The van der Waals surface area contributed by atoms with E-state index < -0.39 is 5.97 Å². The first kappa shape index (κ1) is 21.5. The fraction of sp³-hybridized carbons (Fsp3) is 0.250. The van der Waals surface area contributed by atoms with Crippen LogP contribution in [0.5, 0.6) is 11.5 Å². The van der Waals surface area contributed by atoms with E-state index in [2.05, 4.69) is 6.58 Å². The maximum atomic E-state index is 10.6. The Bertz CT molecular complexity index is 824. The van der Waals surface area contributed by atoms with Crippen LogP contribution < -0.4 is 9.47 Å². The first-order valence-electron chi connectivity index (χ1n) is 8.17. The normalized spacial score (nSPS) is 10.5. The van der Waals surface area contributed by atoms with E-state index in [-0.39, 0.29) is 6.61 Å². The van der Waals surface area contributed by atoms with Gasteiger partial charge in [-0.2, -0.15) is 0 Å². The van der Waals surface area contributed by atoms with Crippen molar-refractivity contribution in [3.05, 3.63) is 64.2 Å². The van der Waals surface area contributed by atoms with E-state index in [0.29, 0.717) is 28.2 Å². The van der Waals surface area contributed by atoms with Crippen molar-refractivity contribution in [3.63, 3.8) is 0 Å². The second-order valence-electron chi connectivity index (χ2n) is 5.82. The molecule has 0 spiro atoms. The number of halogens is 2. The predicted octanol–water partition coefficient (Wildman–Crippen LogP) is 5.88. The van der Waals surface area contributed by atoms with E-state index in [0.717, 1.165) is 28.2 Å². The quantitative estimate of drug-likeness (QED) is 0.379. The summed E-state index contributed by atoms with van der Waals surface area (Å²) in [6.07, 6.45) is 0.808. The molecule has 0 unspecified atom stereocenters. The molecular formula is C20H20Cl2O4S. The summed E-state index contributed by atoms with van der Waals surface area (Å²) in [7, 11) is 0. The van der Waals surface area contributed by atoms with Crippen molar-refractivity contribution < 1.29 is 19.4 Å². The molecule has 0 atom stereocenters. The van der Waals surface area contributed by atoms with Crippen molar-refractivity contribution in [1.29, 1.82) is 0 Å². The highest BCUT2D eigenvalue weighted by molar-refractivity contribution is 7.99. The summed E-state index contributed by atoms with van der Waals surface area (Å²) in [4.78, 5) is 11.7. The molecule has 0 heterocycles. The highest BCUT2D eigenvalue weighted by atomic mass is 35.5. The molecule has 4 nitrogen and oxygen atoms in total. The molecule has 0 aromatic heterocycles. The Morgan fingerprint density at radius 2 is 1.89 bits per heavy atom. The SMILES string of the molecule is C=C(CCSc1ccc(OCC(=O)O)c(C)c1)COc1ccc(Cl)c(Cl)c1. The van der Waals surface area contributed by atoms with Crippen molar-refractivity contribution >= 4 is 40.9 Å². The summed E-state index contributed by atoms with van der Waals surface area (Å²) in [5.41, 5.74) is 1.88. The van der Waals surface area contributed by atoms with Crippen LogP contribution in [0.2, 0.25) is 10.0 Å². The Morgan fingerprint density at radius 1 is 1.11 bits per heavy atom. The van der Waals surface area contributed by atoms with Crippen LogP contribution in [-0.2, 0) is 4.79 Å². The molecule has 0 bridgehead atoms. The lowest BCUT2D eigenvalue weighted by molar-refractivity contribution is -0.139. The van der Waals surface area contributed by atoms with Gasteiger partial charge in [0.15, 0.2) is 6.61 Å². The molecule has 0 aliphatic carbocycles. The Balaban J connectivity index is 1.75. The maximum Gasteiger partial charge on any atom is 0.341 e. The number of carbonyl (C=O) groups is 1. The molecule has 2 rings (SSSR count). The highest BCUT2D eigenvalue weighted by Crippen LogP contribution is 2.28. The molecular weight excluding hydrogens is 407 g/mol. The van der Waals surface area contributed by atoms with Crippen LogP contribution in [0.15, 0.2) is 53.4 Å². The van der Waals surface area contributed by atoms with Gasteiger partial charge >= 0.3 is 5.97 Å². The second kappa shape index (κ2) is 10.5. The lowest BCUT2D eigenvalue weighted by Gasteiger charge is -2.11. The molecule has 27 heavy (non-hydrogen) atoms. The monoisotopic (exact) mass is 426 g/mol. The number of carboxylic acids is 1. The standard InChI is InChI=1S/C20H20Cl2O4S/c1-13(11-25-15-3-5-17(21)18(22)10-15)7-8-27-16-4-6-19(14(2)9-16)26-12-20(23)24/h3-6,9-10H,1,7-8,11-12H2,2H3,(H,23,24). The van der Waals surface area contributed by atoms with E-state index in [4.69, 9.17) is 37.8 Å². The summed E-state index contributed by atoms with van der Waals surface area (Å²) in [5.74, 6) is 1.11. The smallest absolute Gasteiger partial charge is 0.341 e. The van der Waals surface area contributed by atoms with Crippen molar-refractivity contribution in [3.8, 4) is 11.5 Å². The van der Waals surface area contributed by atoms with Gasteiger partial charge < -0.3 is 14.6 Å². The molecule has 0 saturated heterocycles. The van der Waals surface area contributed by atoms with Crippen molar-refractivity contribution in [2.75, 3.05) is 19.0 Å². The zero-order valence-electron chi connectivity index (χ0n) is 14.8. The molecule has 0 aliphatic heterocycles. The van der Waals surface area contributed by atoms with Crippen molar-refractivity contribution in [1.82, 2.24) is 0 Å². The van der Waals surface area contributed by atoms with Gasteiger partial charge in [-0.05, 0) is 54.8 Å². The fourth-order valence-electron chi connectivity index (χ4n) is 2.15. The molecule has 0 fully saturated rings. The molecule has 2 aromatic carbocycles. The van der Waals surface area contributed by atoms with Gasteiger partial charge in [0.1, 0.15) is 18.1 Å². The lowest BCUT2D eigenvalue weighted by Crippen LogP contribution is -2.10. The largest absolute Gasteiger partial charge is 0.489 e. The van der Waals surface area contributed by atoms with Gasteiger partial charge in [0.05, 0.1) is 10.0 Å². The topological polar surface area (TPSA) is 55.8 Å². The van der Waals surface area contributed by atoms with E-state index in [1.54, 1.807) is 36.0 Å². The minimum Gasteiger partial charge on any atom is -0.489 e. The van der Waals surface area contributed by atoms with E-state index in [1.807, 2.05) is 19.1 Å². The number of carboxylic acid groups (broad SMARTS) is 1. The molecule has 144 valence electrons. The predicted molar refractivity (Wildman–Crippen MR) is 111 cm³/mol. The number of hydrogen-bond acceptors (Lipinski definition) is 4. The highest BCUT2D eigenvalue weighted by Gasteiger charge is 2.06. The zero-order valence-corrected chi connectivity index (χ0v) is 17.2. The van der Waals surface area contributed by atoms with Gasteiger partial charge in [0, 0.05) is 16.7 Å². The summed E-state index contributed by atoms with van der Waals surface area (Å²) < 4.78 is 10.9. The number of thioether (sulfide) groups is 1. The van der Waals surface area contributed by atoms with Crippen LogP contribution in [0.3, 0.4) is 0 Å². The number of aryl methyl sites for hydroxylation is 1. The van der Waals surface area contributed by atoms with Gasteiger partial charge in [0.2, 0.25) is 0 Å². The Hall–Kier alpha value is -1.82. The molecule has 0 aliphatic rings. The summed E-state index contributed by atoms with van der Waals surface area (Å²) >= 11 is 13.5. The van der Waals surface area contributed by atoms with Crippen molar-refractivity contribution in [2.24, 2.45) is 0 Å². The van der Waals surface area contributed by atoms with Crippen LogP contribution in [0.25, 0.3) is 0 Å². The summed E-state index contributed by atoms with van der Waals surface area (Å²) in [5, 5.41) is 9.62. The van der Waals surface area contributed by atoms with Gasteiger partial charge in [-0.3, -0.25) is 0 Å². The van der Waals surface area contributed by atoms with Crippen LogP contribution in [0.4, 0.5) is 0 Å². The first-order chi connectivity index (χ1) is 12.8. The third-order valence-corrected chi connectivity index (χ3v) is 5.29. The third kappa shape index (κ3) is 7.37. The van der Waals surface area contributed by atoms with Gasteiger partial charge in [0.25, 0.3) is 0 Å². The van der Waals surface area contributed by atoms with Crippen LogP contribution in [0.1, 0.15) is 12.0 Å². The maximum absolute atomic E-state index is 10.6. The average molecular weight is 427 g/mol. The molecule has 0 saturated carbocycles. The number of rotatable bonds is 10. The molecule has 2 aromatic rings. The number of aliphatic carboxylic acids is 1. The Morgan fingerprint density at radius 3 is 2.56 bits per heavy atom. The number of hydrogen-bond donors (Lipinski definition) is 1. The average Bonchev–Trinajstić information content (AvgIpc) is 2.62. The number of ether oxygens (including phenoxy) is 2. The summed E-state index contributed by atoms with van der Waals surface area (Å²) in [6, 6.07) is 10.9. The van der Waals surface area contributed by atoms with Crippen LogP contribution in [-0.4, -0.2) is 30.0 Å². The molecule has 0 radical (unpaired) electrons. The van der Waals surface area contributed by atoms with E-state index >= 15 is 0 Å². The molecule has 1 N–H and O–H groups in total. The second-order valence-corrected chi connectivity index (χ2v) is 7.81. The van der Waals surface area contributed by atoms with Crippen LogP contribution >= 0.6 is 35.0 Å². The third-order valence-electron chi connectivity index (χ3n) is 3.56. The van der Waals surface area contributed by atoms with Gasteiger partial charge in [-0.15, -0.1) is 11.8 Å². The first-order valence-corrected chi connectivity index (χ1v) is 9.92. The lowest BCUT2D eigenvalue weighted by atomic mass is 10.2. The Kier molecular flexibility index (Phi) is 8.35. The zero-order chi connectivity index (χ0) is 19.8. The van der Waals surface area contributed by atoms with E-state index in [9.17, 15) is 4.79 Å². The van der Waals surface area contributed by atoms with E-state index in [1.165, 1.54) is 0 Å². The number of benzene rings is 2. The van der Waals surface area contributed by atoms with Crippen LogP contribution in [0, 0.1) is 6.92 Å². The Labute approximate surface area is 173 Å². The van der Waals surface area contributed by atoms with Gasteiger partial charge in [-0.25, -0.2) is 4.79 Å². The van der Waals surface area contributed by atoms with Gasteiger partial charge in [-0.1, -0.05) is 29.8 Å². The minimum atomic E-state index is -0.991. The summed E-state index contributed by atoms with van der Waals surface area (Å²) in [6.45, 7) is 6.01. The molecule has 7 heteroatoms. The fourth-order valence-corrected chi connectivity index (χ4v) is 3.49. The molecule has 0 amide bonds. The minimum absolute atomic E-state index is 0.341.